The summed E-state index contributed by atoms with van der Waals surface area (Å²) in [5.74, 6) is 2.35. The molecule has 0 saturated carbocycles. The minimum atomic E-state index is -7.02. The third-order valence-corrected chi connectivity index (χ3v) is 35.3. The number of aromatic nitrogens is 2. The van der Waals surface area contributed by atoms with Crippen LogP contribution in [0.4, 0.5) is 11.6 Å². The van der Waals surface area contributed by atoms with Gasteiger partial charge in [-0.15, -0.1) is 0 Å². The quantitative estimate of drug-likeness (QED) is 0.0145. The van der Waals surface area contributed by atoms with Gasteiger partial charge in [0.15, 0.2) is 5.75 Å². The summed E-state index contributed by atoms with van der Waals surface area (Å²) in [4.78, 5) is 62.5. The number of benzene rings is 5. The molecule has 2 aromatic heterocycles. The summed E-state index contributed by atoms with van der Waals surface area (Å²) in [7, 11) is -16.7. The van der Waals surface area contributed by atoms with Crippen LogP contribution in [-0.2, 0) is 46.9 Å². The maximum absolute atomic E-state index is 13.6. The van der Waals surface area contributed by atoms with E-state index in [0.717, 1.165) is 55.9 Å². The van der Waals surface area contributed by atoms with Gasteiger partial charge in [-0.25, -0.2) is 0 Å². The number of amides is 2. The number of nitrogens with zero attached hydrogens (tertiary/aromatic N) is 8. The van der Waals surface area contributed by atoms with E-state index >= 15 is 0 Å². The zero-order chi connectivity index (χ0) is 62.3. The van der Waals surface area contributed by atoms with Crippen molar-refractivity contribution in [3.8, 4) is 5.75 Å². The molecule has 0 radical (unpaired) electrons. The van der Waals surface area contributed by atoms with Gasteiger partial charge in [-0.05, 0) is 12.1 Å². The van der Waals surface area contributed by atoms with Gasteiger partial charge in [-0.2, -0.15) is 8.42 Å². The molecule has 0 unspecified atom stereocenters. The number of carbonyl (C=O) groups excluding carboxylic acids is 3. The van der Waals surface area contributed by atoms with Crippen LogP contribution in [0.25, 0.3) is 21.5 Å². The average molecular weight is 1320 g/mol. The first-order valence-corrected chi connectivity index (χ1v) is 40.7. The maximum atomic E-state index is 13.6. The van der Waals surface area contributed by atoms with Crippen LogP contribution in [0.5, 0.6) is 5.75 Å². The Balaban J connectivity index is 0.897. The first kappa shape index (κ1) is 60.7. The summed E-state index contributed by atoms with van der Waals surface area (Å²) in [6, 6.07) is 35.9. The Morgan fingerprint density at radius 3 is 1.57 bits per heavy atom. The van der Waals surface area contributed by atoms with E-state index in [-0.39, 0.29) is 53.7 Å². The molecule has 5 aromatic carbocycles. The normalized spacial score (nSPS) is 17.2. The third kappa shape index (κ3) is 9.42. The zero-order valence-corrected chi connectivity index (χ0v) is 55.0. The number of methoxy groups -OCH3 is 1. The van der Waals surface area contributed by atoms with E-state index in [1.54, 1.807) is 7.11 Å². The predicted octanol–water partition coefficient (Wildman–Crippen LogP) is 8.18. The Hall–Kier alpha value is -7.19. The van der Waals surface area contributed by atoms with Gasteiger partial charge in [0.25, 0.3) is 10.1 Å². The third-order valence-electron chi connectivity index (χ3n) is 17.2. The Bertz CT molecular complexity index is 4430. The van der Waals surface area contributed by atoms with Gasteiger partial charge >= 0.3 is 414 Å². The number of ether oxygens (including phenoxy) is 4. The van der Waals surface area contributed by atoms with E-state index in [1.165, 1.54) is 0 Å². The van der Waals surface area contributed by atoms with E-state index in [0.29, 0.717) is 117 Å². The van der Waals surface area contributed by atoms with Crippen molar-refractivity contribution in [2.24, 2.45) is 20.0 Å². The fraction of sp³-hybridized carbons (Fsp3) is 0.328. The van der Waals surface area contributed by atoms with Gasteiger partial charge in [0, 0.05) is 7.11 Å². The number of amidine groups is 4. The van der Waals surface area contributed by atoms with Crippen LogP contribution in [0, 0.1) is 0 Å². The van der Waals surface area contributed by atoms with Gasteiger partial charge in [0.05, 0.1) is 28.2 Å². The van der Waals surface area contributed by atoms with Crippen LogP contribution in [0.3, 0.4) is 0 Å². The summed E-state index contributed by atoms with van der Waals surface area (Å²) in [5.41, 5.74) is 4.66. The Morgan fingerprint density at radius 2 is 1.06 bits per heavy atom. The number of nitrogens with one attached hydrogen (secondary N) is 2. The second-order valence-electron chi connectivity index (χ2n) is 24.1. The molecule has 6 aliphatic rings. The second-order valence-corrected chi connectivity index (χ2v) is 40.7. The van der Waals surface area contributed by atoms with Crippen LogP contribution < -0.4 is 26.3 Å². The SMILES string of the molecule is COCCOCCOCC(=O)NCCC[Si](C)(C)O[Si-2]123(O[Si](C)(C)CCCNC(=O)CCCCC(=O)Oc4c(Cl)cc(S(=O)(=O)O)cc4Cl)n4c5c6ccccc6c4N=C4c6ccccc6C(=[N+]41)N=c1c4ccccc4c(n12)=NC1=[N+]3C(=N5)c2ccccc21. The van der Waals surface area contributed by atoms with E-state index in [9.17, 15) is 35.6 Å². The summed E-state index contributed by atoms with van der Waals surface area (Å²) >= 11 is 12.3. The van der Waals surface area contributed by atoms with Crippen molar-refractivity contribution in [3.63, 3.8) is 0 Å². The molecule has 464 valence electrons. The van der Waals surface area contributed by atoms with E-state index in [2.05, 4.69) is 102 Å². The molecule has 8 heterocycles. The van der Waals surface area contributed by atoms with Gasteiger partial charge < -0.3 is 9.47 Å². The molecule has 3 N–H and O–H groups in total. The van der Waals surface area contributed by atoms with Crippen molar-refractivity contribution in [2.45, 2.75) is 81.7 Å². The minimum absolute atomic E-state index is 0.0755. The Labute approximate surface area is 524 Å². The van der Waals surface area contributed by atoms with Crippen molar-refractivity contribution in [2.75, 3.05) is 53.2 Å². The molecule has 0 atom stereocenters. The number of carbonyl (C=O) groups is 3. The molecule has 6 aliphatic heterocycles. The van der Waals surface area contributed by atoms with Crippen LogP contribution in [-0.4, -0.2) is 149 Å². The number of hydrogen-bond donors (Lipinski definition) is 3. The molecule has 0 saturated heterocycles. The summed E-state index contributed by atoms with van der Waals surface area (Å²) in [6.07, 6.45) is 1.79. The van der Waals surface area contributed by atoms with Crippen LogP contribution in [0.2, 0.25) is 48.3 Å². The molecule has 13 rings (SSSR count). The molecule has 0 bridgehead atoms. The van der Waals surface area contributed by atoms with Gasteiger partial charge in [0.2, 0.25) is 0 Å². The molecular formula is C61H66Cl2N10O12SSi3. The first-order valence-electron chi connectivity index (χ1n) is 29.7. The molecule has 0 fully saturated rings. The number of fused-ring (bicyclic) bond motifs is 12. The molecule has 28 heteroatoms. The number of unbranched alkanes of at least 4 members (excludes halogenated alkanes) is 1. The second kappa shape index (κ2) is 22.3. The molecule has 7 aromatic rings. The van der Waals surface area contributed by atoms with Crippen LogP contribution in [0.15, 0.2) is 134 Å². The van der Waals surface area contributed by atoms with Gasteiger partial charge in [-0.3, -0.25) is 9.35 Å². The standard InChI is InChI=1S/C61H66Cl2N10O12SSi3/c1-80-30-31-81-32-33-82-38-51(75)65-29-17-35-88(4,5)85-89(84-87(2,3)34-16-28-64-50(74)26-14-15-27-52(76)83-53-48(62)36-39(37-49(53)63)86(77,78)79)70-54-40-18-6-7-19-41(40)55(70)67-57-44-22-10-11-23-45(44)59(72(57)89)69-61-47-25-13-12-24-46(47)60(73(61)89)68-58-43-21-9-8-20-42(43)56(66-54)71(58)89/h6-13,18-25,36-37H,14-17,26-35,38H2,1-5H3,(H,64,74)(H,65,75)(H,77,78,79). The molecule has 1 spiro atoms. The summed E-state index contributed by atoms with van der Waals surface area (Å²) in [6.45, 7) is 11.0. The summed E-state index contributed by atoms with van der Waals surface area (Å²) in [5, 5.41) is 9.13. The van der Waals surface area contributed by atoms with Crippen molar-refractivity contribution in [1.29, 1.82) is 0 Å². The van der Waals surface area contributed by atoms with Crippen molar-refractivity contribution in [1.82, 2.24) is 19.1 Å². The molecule has 0 aliphatic carbocycles. The van der Waals surface area contributed by atoms with E-state index < -0.39 is 45.4 Å². The fourth-order valence-electron chi connectivity index (χ4n) is 13.9. The Kier molecular flexibility index (Phi) is 15.2. The van der Waals surface area contributed by atoms with Gasteiger partial charge in [-0.1, -0.05) is 23.2 Å². The molecule has 89 heavy (non-hydrogen) atoms. The molecule has 2 amide bonds. The van der Waals surface area contributed by atoms with Crippen molar-refractivity contribution >= 4 is 132 Å². The fourth-order valence-corrected chi connectivity index (χ4v) is 37.4. The van der Waals surface area contributed by atoms with E-state index in [4.69, 9.17) is 62.1 Å². The van der Waals surface area contributed by atoms with Crippen molar-refractivity contribution < 1.29 is 63.0 Å². The predicted molar refractivity (Wildman–Crippen MR) is 343 cm³/mol. The number of rotatable bonds is 27. The molecular weight excluding hydrogens is 1250 g/mol. The topological polar surface area (TPSA) is 250 Å². The van der Waals surface area contributed by atoms with Crippen LogP contribution >= 0.6 is 23.2 Å². The van der Waals surface area contributed by atoms with E-state index in [1.807, 2.05) is 48.5 Å². The number of halogens is 2. The number of esters is 1. The Morgan fingerprint density at radius 1 is 0.596 bits per heavy atom. The number of aliphatic imine (C=N–C) groups is 2. The average Bonchev–Trinajstić information content (AvgIpc) is 1.51. The van der Waals surface area contributed by atoms with Crippen LogP contribution in [0.1, 0.15) is 60.8 Å². The number of hydrogen-bond acceptors (Lipinski definition) is 15. The first-order chi connectivity index (χ1) is 42.7. The summed E-state index contributed by atoms with van der Waals surface area (Å²) < 4.78 is 81.9. The van der Waals surface area contributed by atoms with Gasteiger partial charge in [0.1, 0.15) is 0 Å². The molecule has 22 nitrogen and oxygen atoms in total. The van der Waals surface area contributed by atoms with Crippen molar-refractivity contribution in [3.05, 3.63) is 152 Å². The monoisotopic (exact) mass is 1320 g/mol. The zero-order valence-electron chi connectivity index (χ0n) is 49.7.